The van der Waals surface area contributed by atoms with Crippen LogP contribution in [0.15, 0.2) is 18.2 Å². The summed E-state index contributed by atoms with van der Waals surface area (Å²) in [4.78, 5) is 11.1. The number of ketones is 1. The van der Waals surface area contributed by atoms with Crippen LogP contribution >= 0.6 is 0 Å². The van der Waals surface area contributed by atoms with Gasteiger partial charge in [0, 0.05) is 5.56 Å². The Balaban J connectivity index is 2.91. The highest BCUT2D eigenvalue weighted by molar-refractivity contribution is 5.94. The number of hydrogen-bond donors (Lipinski definition) is 0. The summed E-state index contributed by atoms with van der Waals surface area (Å²) in [5.41, 5.74) is 0.219. The molecule has 0 fully saturated rings. The molecule has 112 valence electrons. The van der Waals surface area contributed by atoms with Crippen LogP contribution < -0.4 is 9.47 Å². The molecule has 0 aliphatic carbocycles. The third-order valence-corrected chi connectivity index (χ3v) is 2.39. The number of benzene rings is 1. The standard InChI is InChI=1S/C12H11F5O3/c1-7(18)8-3-4-9(10(5-8)19-2)20-6-11(13,14)12(15,16)17/h3-5H,6H2,1-2H3. The van der Waals surface area contributed by atoms with Crippen molar-refractivity contribution in [3.63, 3.8) is 0 Å². The molecule has 0 aliphatic rings. The number of ether oxygens (including phenoxy) is 2. The van der Waals surface area contributed by atoms with Crippen molar-refractivity contribution in [2.24, 2.45) is 0 Å². The SMILES string of the molecule is COc1cc(C(C)=O)ccc1OCC(F)(F)C(F)(F)F. The van der Waals surface area contributed by atoms with Crippen molar-refractivity contribution in [3.8, 4) is 11.5 Å². The second-order valence-corrected chi connectivity index (χ2v) is 3.91. The van der Waals surface area contributed by atoms with E-state index in [1.807, 2.05) is 0 Å². The zero-order valence-corrected chi connectivity index (χ0v) is 10.6. The fourth-order valence-corrected chi connectivity index (χ4v) is 1.26. The van der Waals surface area contributed by atoms with Crippen LogP contribution in [-0.2, 0) is 0 Å². The van der Waals surface area contributed by atoms with Crippen molar-refractivity contribution in [3.05, 3.63) is 23.8 Å². The highest BCUT2D eigenvalue weighted by atomic mass is 19.4. The lowest BCUT2D eigenvalue weighted by Crippen LogP contribution is -2.41. The van der Waals surface area contributed by atoms with Gasteiger partial charge in [-0.15, -0.1) is 0 Å². The zero-order valence-electron chi connectivity index (χ0n) is 10.6. The Morgan fingerprint density at radius 3 is 2.20 bits per heavy atom. The molecule has 0 N–H and O–H groups in total. The molecule has 0 aromatic heterocycles. The molecule has 0 atom stereocenters. The van der Waals surface area contributed by atoms with Gasteiger partial charge >= 0.3 is 12.1 Å². The van der Waals surface area contributed by atoms with Crippen molar-refractivity contribution in [2.75, 3.05) is 13.7 Å². The third kappa shape index (κ3) is 3.58. The highest BCUT2D eigenvalue weighted by Gasteiger charge is 2.58. The Morgan fingerprint density at radius 1 is 1.15 bits per heavy atom. The number of alkyl halides is 5. The molecule has 0 amide bonds. The number of rotatable bonds is 5. The molecule has 3 nitrogen and oxygen atoms in total. The first-order valence-electron chi connectivity index (χ1n) is 5.35. The topological polar surface area (TPSA) is 35.5 Å². The van der Waals surface area contributed by atoms with E-state index in [9.17, 15) is 26.7 Å². The van der Waals surface area contributed by atoms with Crippen LogP contribution in [0.25, 0.3) is 0 Å². The van der Waals surface area contributed by atoms with E-state index in [0.717, 1.165) is 6.07 Å². The molecule has 0 radical (unpaired) electrons. The summed E-state index contributed by atoms with van der Waals surface area (Å²) in [5.74, 6) is -5.69. The molecule has 8 heteroatoms. The number of carbonyl (C=O) groups is 1. The highest BCUT2D eigenvalue weighted by Crippen LogP contribution is 2.37. The first-order valence-corrected chi connectivity index (χ1v) is 5.35. The lowest BCUT2D eigenvalue weighted by Gasteiger charge is -2.20. The van der Waals surface area contributed by atoms with E-state index in [4.69, 9.17) is 4.74 Å². The van der Waals surface area contributed by atoms with Crippen molar-refractivity contribution < 1.29 is 36.2 Å². The van der Waals surface area contributed by atoms with Crippen LogP contribution in [0.5, 0.6) is 11.5 Å². The van der Waals surface area contributed by atoms with Crippen LogP contribution in [0, 0.1) is 0 Å². The third-order valence-electron chi connectivity index (χ3n) is 2.39. The van der Waals surface area contributed by atoms with Crippen LogP contribution in [0.2, 0.25) is 0 Å². The summed E-state index contributed by atoms with van der Waals surface area (Å²) in [7, 11) is 1.17. The lowest BCUT2D eigenvalue weighted by atomic mass is 10.1. The van der Waals surface area contributed by atoms with Gasteiger partial charge in [0.1, 0.15) is 0 Å². The van der Waals surface area contributed by atoms with Crippen molar-refractivity contribution >= 4 is 5.78 Å². The van der Waals surface area contributed by atoms with E-state index in [1.54, 1.807) is 0 Å². The summed E-state index contributed by atoms with van der Waals surface area (Å²) in [6.07, 6.45) is -5.69. The Labute approximate surface area is 111 Å². The molecule has 1 aromatic carbocycles. The van der Waals surface area contributed by atoms with Gasteiger partial charge in [0.2, 0.25) is 0 Å². The van der Waals surface area contributed by atoms with Gasteiger partial charge in [-0.05, 0) is 25.1 Å². The molecular weight excluding hydrogens is 287 g/mol. The minimum Gasteiger partial charge on any atom is -0.493 e. The largest absolute Gasteiger partial charge is 0.493 e. The molecule has 0 heterocycles. The summed E-state index contributed by atoms with van der Waals surface area (Å²) in [6.45, 7) is -0.598. The van der Waals surface area contributed by atoms with Crippen molar-refractivity contribution in [2.45, 2.75) is 19.0 Å². The van der Waals surface area contributed by atoms with Crippen LogP contribution in [0.1, 0.15) is 17.3 Å². The van der Waals surface area contributed by atoms with Gasteiger partial charge in [-0.3, -0.25) is 4.79 Å². The molecule has 0 unspecified atom stereocenters. The fraction of sp³-hybridized carbons (Fsp3) is 0.417. The van der Waals surface area contributed by atoms with E-state index in [0.29, 0.717) is 0 Å². The predicted octanol–water partition coefficient (Wildman–Crippen LogP) is 3.47. The van der Waals surface area contributed by atoms with Crippen molar-refractivity contribution in [1.29, 1.82) is 0 Å². The van der Waals surface area contributed by atoms with Crippen molar-refractivity contribution in [1.82, 2.24) is 0 Å². The van der Waals surface area contributed by atoms with E-state index in [-0.39, 0.29) is 22.8 Å². The smallest absolute Gasteiger partial charge is 0.456 e. The van der Waals surface area contributed by atoms with Crippen LogP contribution in [-0.4, -0.2) is 31.6 Å². The molecule has 1 rings (SSSR count). The number of hydrogen-bond acceptors (Lipinski definition) is 3. The minimum atomic E-state index is -5.69. The molecule has 20 heavy (non-hydrogen) atoms. The predicted molar refractivity (Wildman–Crippen MR) is 59.5 cm³/mol. The maximum absolute atomic E-state index is 12.7. The van der Waals surface area contributed by atoms with Crippen LogP contribution in [0.4, 0.5) is 22.0 Å². The van der Waals surface area contributed by atoms with E-state index in [2.05, 4.69) is 4.74 Å². The number of Topliss-reactive ketones (excluding diaryl/α,β-unsaturated/α-hetero) is 1. The average Bonchev–Trinajstić information content (AvgIpc) is 2.34. The van der Waals surface area contributed by atoms with Gasteiger partial charge in [0.15, 0.2) is 23.9 Å². The van der Waals surface area contributed by atoms with Gasteiger partial charge in [-0.1, -0.05) is 0 Å². The Morgan fingerprint density at radius 2 is 1.75 bits per heavy atom. The summed E-state index contributed by atoms with van der Waals surface area (Å²) < 4.78 is 70.6. The molecule has 0 bridgehead atoms. The first kappa shape index (κ1) is 16.2. The maximum Gasteiger partial charge on any atom is 0.456 e. The van der Waals surface area contributed by atoms with E-state index >= 15 is 0 Å². The zero-order chi connectivity index (χ0) is 15.6. The monoisotopic (exact) mass is 298 g/mol. The Bertz CT molecular complexity index is 496. The summed E-state index contributed by atoms with van der Waals surface area (Å²) >= 11 is 0. The quantitative estimate of drug-likeness (QED) is 0.617. The minimum absolute atomic E-state index is 0.101. The molecule has 0 spiro atoms. The van der Waals surface area contributed by atoms with Gasteiger partial charge in [0.25, 0.3) is 0 Å². The number of halogens is 5. The maximum atomic E-state index is 12.7. The normalized spacial score (nSPS) is 12.2. The second-order valence-electron chi connectivity index (χ2n) is 3.91. The van der Waals surface area contributed by atoms with Crippen LogP contribution in [0.3, 0.4) is 0 Å². The fourth-order valence-electron chi connectivity index (χ4n) is 1.26. The summed E-state index contributed by atoms with van der Waals surface area (Å²) in [5, 5.41) is 0. The Hall–Kier alpha value is -1.86. The molecule has 0 saturated carbocycles. The van der Waals surface area contributed by atoms with E-state index < -0.39 is 18.7 Å². The molecule has 0 aliphatic heterocycles. The number of carbonyl (C=O) groups excluding carboxylic acids is 1. The van der Waals surface area contributed by atoms with Gasteiger partial charge in [-0.25, -0.2) is 0 Å². The molecule has 0 saturated heterocycles. The lowest BCUT2D eigenvalue weighted by molar-refractivity contribution is -0.290. The Kier molecular flexibility index (Phi) is 4.57. The van der Waals surface area contributed by atoms with Gasteiger partial charge in [-0.2, -0.15) is 22.0 Å². The first-order chi connectivity index (χ1) is 9.08. The second kappa shape index (κ2) is 5.64. The summed E-state index contributed by atoms with van der Waals surface area (Å²) in [6, 6.07) is 3.54. The molecule has 1 aromatic rings. The number of methoxy groups -OCH3 is 1. The van der Waals surface area contributed by atoms with Gasteiger partial charge in [0.05, 0.1) is 7.11 Å². The van der Waals surface area contributed by atoms with Gasteiger partial charge < -0.3 is 9.47 Å². The molecular formula is C12H11F5O3. The van der Waals surface area contributed by atoms with E-state index in [1.165, 1.54) is 26.2 Å². The average molecular weight is 298 g/mol.